The molecule has 1 fully saturated rings. The van der Waals surface area contributed by atoms with Gasteiger partial charge in [0.2, 0.25) is 5.91 Å². The minimum atomic E-state index is -0.993. The van der Waals surface area contributed by atoms with Crippen LogP contribution in [0.4, 0.5) is 5.69 Å². The van der Waals surface area contributed by atoms with Gasteiger partial charge >= 0.3 is 5.97 Å². The number of aryl methyl sites for hydroxylation is 2. The molecule has 3 rings (SSSR count). The van der Waals surface area contributed by atoms with Crippen molar-refractivity contribution in [3.8, 4) is 0 Å². The Labute approximate surface area is 122 Å². The molecule has 2 N–H and O–H groups in total. The molecule has 2 heterocycles. The zero-order chi connectivity index (χ0) is 15.1. The van der Waals surface area contributed by atoms with Crippen molar-refractivity contribution in [3.63, 3.8) is 0 Å². The van der Waals surface area contributed by atoms with E-state index in [9.17, 15) is 14.7 Å². The Kier molecular flexibility index (Phi) is 3.29. The molecule has 1 aromatic rings. The average molecular weight is 287 g/mol. The molecule has 4 atom stereocenters. The molecule has 0 unspecified atom stereocenters. The highest BCUT2D eigenvalue weighted by Crippen LogP contribution is 2.40. The number of rotatable bonds is 3. The van der Waals surface area contributed by atoms with Crippen LogP contribution in [0.3, 0.4) is 0 Å². The van der Waals surface area contributed by atoms with Gasteiger partial charge in [-0.15, -0.1) is 0 Å². The maximum Gasteiger partial charge on any atom is 0.310 e. The second-order valence-corrected chi connectivity index (χ2v) is 5.65. The van der Waals surface area contributed by atoms with E-state index in [1.165, 1.54) is 0 Å². The molecule has 110 valence electrons. The molecule has 0 spiro atoms. The summed E-state index contributed by atoms with van der Waals surface area (Å²) < 4.78 is 5.51. The van der Waals surface area contributed by atoms with Gasteiger partial charge in [0.25, 0.3) is 0 Å². The lowest BCUT2D eigenvalue weighted by Gasteiger charge is -2.21. The van der Waals surface area contributed by atoms with Crippen molar-refractivity contribution in [1.29, 1.82) is 0 Å². The van der Waals surface area contributed by atoms with Crippen molar-refractivity contribution in [1.82, 2.24) is 0 Å². The third-order valence-electron chi connectivity index (χ3n) is 4.13. The molecule has 5 nitrogen and oxygen atoms in total. The van der Waals surface area contributed by atoms with Crippen LogP contribution in [0.2, 0.25) is 0 Å². The highest BCUT2D eigenvalue weighted by molar-refractivity contribution is 5.97. The molecule has 0 aliphatic carbocycles. The van der Waals surface area contributed by atoms with Crippen LogP contribution in [-0.2, 0) is 14.3 Å². The van der Waals surface area contributed by atoms with Crippen molar-refractivity contribution < 1.29 is 19.4 Å². The Balaban J connectivity index is 1.82. The summed E-state index contributed by atoms with van der Waals surface area (Å²) in [6.45, 7) is 3.89. The van der Waals surface area contributed by atoms with Gasteiger partial charge < -0.3 is 15.2 Å². The van der Waals surface area contributed by atoms with E-state index in [2.05, 4.69) is 5.32 Å². The molecule has 0 aromatic heterocycles. The molecular formula is C16H17NO4. The highest BCUT2D eigenvalue weighted by Gasteiger charge is 2.53. The van der Waals surface area contributed by atoms with Gasteiger partial charge in [0.05, 0.1) is 18.1 Å². The molecule has 2 bridgehead atoms. The number of ether oxygens (including phenoxy) is 1. The van der Waals surface area contributed by atoms with Gasteiger partial charge in [-0.3, -0.25) is 9.59 Å². The van der Waals surface area contributed by atoms with E-state index < -0.39 is 30.0 Å². The lowest BCUT2D eigenvalue weighted by molar-refractivity contribution is -0.145. The van der Waals surface area contributed by atoms with Gasteiger partial charge in [-0.05, 0) is 25.5 Å². The Morgan fingerprint density at radius 1 is 1.14 bits per heavy atom. The number of hydrogen-bond acceptors (Lipinski definition) is 3. The SMILES string of the molecule is Cc1ccc(NC(=O)[C@@H]2[C@@H](C(=O)O)[C@@H]3C=C[C@H]2O3)c(C)c1. The molecule has 0 radical (unpaired) electrons. The highest BCUT2D eigenvalue weighted by atomic mass is 16.5. The number of hydrogen-bond donors (Lipinski definition) is 2. The third kappa shape index (κ3) is 2.34. The Morgan fingerprint density at radius 2 is 1.81 bits per heavy atom. The normalized spacial score (nSPS) is 29.6. The molecule has 1 aromatic carbocycles. The Bertz CT molecular complexity index is 637. The van der Waals surface area contributed by atoms with Crippen LogP contribution >= 0.6 is 0 Å². The Hall–Kier alpha value is -2.14. The largest absolute Gasteiger partial charge is 0.481 e. The zero-order valence-corrected chi connectivity index (χ0v) is 11.9. The number of nitrogens with one attached hydrogen (secondary N) is 1. The molecule has 21 heavy (non-hydrogen) atoms. The van der Waals surface area contributed by atoms with E-state index in [0.717, 1.165) is 11.1 Å². The number of aliphatic carboxylic acids is 1. The number of carbonyl (C=O) groups is 2. The van der Waals surface area contributed by atoms with E-state index in [4.69, 9.17) is 4.74 Å². The lowest BCUT2D eigenvalue weighted by Crippen LogP contribution is -2.39. The summed E-state index contributed by atoms with van der Waals surface area (Å²) in [5, 5.41) is 12.2. The summed E-state index contributed by atoms with van der Waals surface area (Å²) in [7, 11) is 0. The Morgan fingerprint density at radius 3 is 2.43 bits per heavy atom. The van der Waals surface area contributed by atoms with Gasteiger partial charge in [-0.2, -0.15) is 0 Å². The van der Waals surface area contributed by atoms with Crippen LogP contribution in [0.25, 0.3) is 0 Å². The molecule has 1 amide bonds. The van der Waals surface area contributed by atoms with E-state index in [1.807, 2.05) is 32.0 Å². The van der Waals surface area contributed by atoms with Crippen LogP contribution in [0.5, 0.6) is 0 Å². The van der Waals surface area contributed by atoms with E-state index in [0.29, 0.717) is 5.69 Å². The fourth-order valence-electron chi connectivity index (χ4n) is 3.08. The van der Waals surface area contributed by atoms with E-state index >= 15 is 0 Å². The van der Waals surface area contributed by atoms with Gasteiger partial charge in [-0.25, -0.2) is 0 Å². The minimum absolute atomic E-state index is 0.300. The van der Waals surface area contributed by atoms with E-state index in [-0.39, 0.29) is 5.91 Å². The van der Waals surface area contributed by atoms with Gasteiger partial charge in [-0.1, -0.05) is 29.8 Å². The predicted molar refractivity (Wildman–Crippen MR) is 77.0 cm³/mol. The van der Waals surface area contributed by atoms with Crippen molar-refractivity contribution in [2.45, 2.75) is 26.1 Å². The molecule has 2 aliphatic heterocycles. The van der Waals surface area contributed by atoms with Crippen LogP contribution in [0, 0.1) is 25.7 Å². The van der Waals surface area contributed by atoms with Crippen molar-refractivity contribution in [3.05, 3.63) is 41.5 Å². The smallest absolute Gasteiger partial charge is 0.310 e. The van der Waals surface area contributed by atoms with Crippen molar-refractivity contribution in [2.75, 3.05) is 5.32 Å². The van der Waals surface area contributed by atoms with E-state index in [1.54, 1.807) is 12.2 Å². The lowest BCUT2D eigenvalue weighted by atomic mass is 9.82. The fourth-order valence-corrected chi connectivity index (χ4v) is 3.08. The van der Waals surface area contributed by atoms with Gasteiger partial charge in [0.15, 0.2) is 0 Å². The minimum Gasteiger partial charge on any atom is -0.481 e. The quantitative estimate of drug-likeness (QED) is 0.833. The molecule has 0 saturated carbocycles. The molecule has 1 saturated heterocycles. The van der Waals surface area contributed by atoms with Crippen molar-refractivity contribution >= 4 is 17.6 Å². The number of anilines is 1. The summed E-state index contributed by atoms with van der Waals surface area (Å²) in [6.07, 6.45) is 2.56. The molecular weight excluding hydrogens is 270 g/mol. The summed E-state index contributed by atoms with van der Waals surface area (Å²) in [6, 6.07) is 5.72. The first-order chi connectivity index (χ1) is 9.97. The molecule has 2 aliphatic rings. The van der Waals surface area contributed by atoms with Crippen LogP contribution in [-0.4, -0.2) is 29.2 Å². The molecule has 5 heteroatoms. The number of carboxylic acid groups (broad SMARTS) is 1. The summed E-state index contributed by atoms with van der Waals surface area (Å²) in [5.74, 6) is -2.79. The van der Waals surface area contributed by atoms with Gasteiger partial charge in [0.1, 0.15) is 5.92 Å². The monoisotopic (exact) mass is 287 g/mol. The summed E-state index contributed by atoms with van der Waals surface area (Å²) >= 11 is 0. The van der Waals surface area contributed by atoms with Gasteiger partial charge in [0, 0.05) is 5.69 Å². The third-order valence-corrected chi connectivity index (χ3v) is 4.13. The number of fused-ring (bicyclic) bond motifs is 2. The fraction of sp³-hybridized carbons (Fsp3) is 0.375. The number of benzene rings is 1. The number of amides is 1. The second-order valence-electron chi connectivity index (χ2n) is 5.65. The van der Waals surface area contributed by atoms with Crippen LogP contribution in [0.15, 0.2) is 30.4 Å². The summed E-state index contributed by atoms with van der Waals surface area (Å²) in [5.41, 5.74) is 2.77. The standard InChI is InChI=1S/C16H17NO4/c1-8-3-4-10(9(2)7-8)17-15(18)13-11-5-6-12(21-11)14(13)16(19)20/h3-7,11-14H,1-2H3,(H,17,18)(H,19,20)/t11-,12+,13+,14+/m1/s1. The van der Waals surface area contributed by atoms with Crippen LogP contribution < -0.4 is 5.32 Å². The maximum absolute atomic E-state index is 12.5. The summed E-state index contributed by atoms with van der Waals surface area (Å²) in [4.78, 5) is 23.8. The second kappa shape index (κ2) is 5.00. The first kappa shape index (κ1) is 13.8. The maximum atomic E-state index is 12.5. The van der Waals surface area contributed by atoms with Crippen molar-refractivity contribution in [2.24, 2.45) is 11.8 Å². The first-order valence-electron chi connectivity index (χ1n) is 6.92. The topological polar surface area (TPSA) is 75.6 Å². The zero-order valence-electron chi connectivity index (χ0n) is 11.9. The van der Waals surface area contributed by atoms with Crippen LogP contribution in [0.1, 0.15) is 11.1 Å². The predicted octanol–water partition coefficient (Wildman–Crippen LogP) is 1.90. The number of carbonyl (C=O) groups excluding carboxylic acids is 1. The first-order valence-corrected chi connectivity index (χ1v) is 6.92. The average Bonchev–Trinajstić information content (AvgIpc) is 3.02. The number of carboxylic acids is 1.